The van der Waals surface area contributed by atoms with Crippen molar-refractivity contribution in [1.82, 2.24) is 0 Å². The molecule has 1 aromatic carbocycles. The summed E-state index contributed by atoms with van der Waals surface area (Å²) in [6.45, 7) is 8.63. The second kappa shape index (κ2) is 5.20. The van der Waals surface area contributed by atoms with Gasteiger partial charge in [0.05, 0.1) is 0 Å². The van der Waals surface area contributed by atoms with Gasteiger partial charge in [-0.1, -0.05) is 35.5 Å². The molecule has 0 saturated heterocycles. The fourth-order valence-electron chi connectivity index (χ4n) is 1.01. The smallest absolute Gasteiger partial charge is 0.123 e. The molecule has 0 aromatic heterocycles. The molecule has 0 aliphatic heterocycles. The molecule has 0 heterocycles. The van der Waals surface area contributed by atoms with E-state index in [0.29, 0.717) is 6.61 Å². The van der Waals surface area contributed by atoms with Gasteiger partial charge in [0, 0.05) is 4.47 Å². The third-order valence-electron chi connectivity index (χ3n) is 2.08. The second-order valence-electron chi connectivity index (χ2n) is 3.30. The SMILES string of the molecule is C=C(CC)COc1cc(Br)ccc1C. The summed E-state index contributed by atoms with van der Waals surface area (Å²) in [6, 6.07) is 6.03. The highest BCUT2D eigenvalue weighted by molar-refractivity contribution is 9.10. The standard InChI is InChI=1S/C12H15BrO/c1-4-9(2)8-14-12-7-11(13)6-5-10(12)3/h5-7H,2,4,8H2,1,3H3. The number of hydrogen-bond donors (Lipinski definition) is 0. The van der Waals surface area contributed by atoms with Crippen molar-refractivity contribution in [3.8, 4) is 5.75 Å². The molecule has 0 saturated carbocycles. The van der Waals surface area contributed by atoms with Crippen molar-refractivity contribution >= 4 is 15.9 Å². The Morgan fingerprint density at radius 2 is 2.21 bits per heavy atom. The number of rotatable bonds is 4. The van der Waals surface area contributed by atoms with Crippen LogP contribution >= 0.6 is 15.9 Å². The maximum atomic E-state index is 5.64. The fraction of sp³-hybridized carbons (Fsp3) is 0.333. The van der Waals surface area contributed by atoms with Gasteiger partial charge < -0.3 is 4.74 Å². The Kier molecular flexibility index (Phi) is 4.21. The Morgan fingerprint density at radius 3 is 2.86 bits per heavy atom. The molecule has 1 rings (SSSR count). The summed E-state index contributed by atoms with van der Waals surface area (Å²) in [5.41, 5.74) is 2.27. The van der Waals surface area contributed by atoms with Crippen LogP contribution in [0, 0.1) is 6.92 Å². The molecule has 0 bridgehead atoms. The number of hydrogen-bond acceptors (Lipinski definition) is 1. The molecular weight excluding hydrogens is 240 g/mol. The summed E-state index contributed by atoms with van der Waals surface area (Å²) >= 11 is 3.42. The van der Waals surface area contributed by atoms with Crippen LogP contribution in [0.15, 0.2) is 34.8 Å². The number of halogens is 1. The van der Waals surface area contributed by atoms with Crippen molar-refractivity contribution in [2.45, 2.75) is 20.3 Å². The average molecular weight is 255 g/mol. The van der Waals surface area contributed by atoms with Crippen molar-refractivity contribution in [2.75, 3.05) is 6.61 Å². The fourth-order valence-corrected chi connectivity index (χ4v) is 1.35. The summed E-state index contributed by atoms with van der Waals surface area (Å²) in [7, 11) is 0. The van der Waals surface area contributed by atoms with E-state index in [1.165, 1.54) is 0 Å². The number of aryl methyl sites for hydroxylation is 1. The zero-order chi connectivity index (χ0) is 10.6. The first-order chi connectivity index (χ1) is 6.63. The van der Waals surface area contributed by atoms with Gasteiger partial charge >= 0.3 is 0 Å². The zero-order valence-corrected chi connectivity index (χ0v) is 10.2. The van der Waals surface area contributed by atoms with Gasteiger partial charge in [-0.25, -0.2) is 0 Å². The van der Waals surface area contributed by atoms with E-state index >= 15 is 0 Å². The molecule has 1 aromatic rings. The van der Waals surface area contributed by atoms with E-state index in [1.807, 2.05) is 25.1 Å². The maximum Gasteiger partial charge on any atom is 0.123 e. The molecule has 0 aliphatic carbocycles. The molecule has 0 amide bonds. The van der Waals surface area contributed by atoms with Gasteiger partial charge in [0.2, 0.25) is 0 Å². The van der Waals surface area contributed by atoms with Crippen molar-refractivity contribution in [3.05, 3.63) is 40.4 Å². The molecule has 2 heteroatoms. The Morgan fingerprint density at radius 1 is 1.50 bits per heavy atom. The van der Waals surface area contributed by atoms with Crippen molar-refractivity contribution in [3.63, 3.8) is 0 Å². The van der Waals surface area contributed by atoms with Gasteiger partial charge in [-0.05, 0) is 36.6 Å². The van der Waals surface area contributed by atoms with E-state index in [1.54, 1.807) is 0 Å². The first-order valence-corrected chi connectivity index (χ1v) is 5.48. The van der Waals surface area contributed by atoms with E-state index in [-0.39, 0.29) is 0 Å². The van der Waals surface area contributed by atoms with Crippen LogP contribution in [0.5, 0.6) is 5.75 Å². The first kappa shape index (κ1) is 11.3. The quantitative estimate of drug-likeness (QED) is 0.736. The van der Waals surface area contributed by atoms with Crippen LogP contribution in [-0.4, -0.2) is 6.61 Å². The van der Waals surface area contributed by atoms with Crippen molar-refractivity contribution < 1.29 is 4.74 Å². The third-order valence-corrected chi connectivity index (χ3v) is 2.58. The second-order valence-corrected chi connectivity index (χ2v) is 4.22. The summed E-state index contributed by atoms with van der Waals surface area (Å²) < 4.78 is 6.68. The molecule has 14 heavy (non-hydrogen) atoms. The highest BCUT2D eigenvalue weighted by atomic mass is 79.9. The van der Waals surface area contributed by atoms with Gasteiger partial charge in [-0.15, -0.1) is 0 Å². The van der Waals surface area contributed by atoms with Gasteiger partial charge in [-0.2, -0.15) is 0 Å². The summed E-state index contributed by atoms with van der Waals surface area (Å²) in [4.78, 5) is 0. The molecule has 0 spiro atoms. The lowest BCUT2D eigenvalue weighted by Crippen LogP contribution is -2.00. The van der Waals surface area contributed by atoms with Crippen molar-refractivity contribution in [1.29, 1.82) is 0 Å². The minimum atomic E-state index is 0.605. The summed E-state index contributed by atoms with van der Waals surface area (Å²) in [6.07, 6.45) is 0.965. The largest absolute Gasteiger partial charge is 0.489 e. The van der Waals surface area contributed by atoms with Gasteiger partial charge in [-0.3, -0.25) is 0 Å². The summed E-state index contributed by atoms with van der Waals surface area (Å²) in [5.74, 6) is 0.925. The Hall–Kier alpha value is -0.760. The predicted molar refractivity (Wildman–Crippen MR) is 63.8 cm³/mol. The third kappa shape index (κ3) is 3.18. The van der Waals surface area contributed by atoms with E-state index < -0.39 is 0 Å². The van der Waals surface area contributed by atoms with E-state index in [0.717, 1.165) is 27.8 Å². The molecule has 0 radical (unpaired) electrons. The normalized spacial score (nSPS) is 9.93. The molecule has 0 atom stereocenters. The summed E-state index contributed by atoms with van der Waals surface area (Å²) in [5, 5.41) is 0. The minimum Gasteiger partial charge on any atom is -0.489 e. The van der Waals surface area contributed by atoms with Gasteiger partial charge in [0.15, 0.2) is 0 Å². The van der Waals surface area contributed by atoms with Crippen LogP contribution in [0.3, 0.4) is 0 Å². The highest BCUT2D eigenvalue weighted by Crippen LogP contribution is 2.23. The van der Waals surface area contributed by atoms with Crippen molar-refractivity contribution in [2.24, 2.45) is 0 Å². The lowest BCUT2D eigenvalue weighted by atomic mass is 10.2. The Bertz CT molecular complexity index is 331. The van der Waals surface area contributed by atoms with Crippen LogP contribution in [0.4, 0.5) is 0 Å². The molecule has 0 unspecified atom stereocenters. The molecule has 1 nitrogen and oxygen atoms in total. The van der Waals surface area contributed by atoms with Gasteiger partial charge in [0.1, 0.15) is 12.4 Å². The van der Waals surface area contributed by atoms with E-state index in [9.17, 15) is 0 Å². The van der Waals surface area contributed by atoms with Gasteiger partial charge in [0.25, 0.3) is 0 Å². The van der Waals surface area contributed by atoms with Crippen LogP contribution in [0.25, 0.3) is 0 Å². The molecule has 0 fully saturated rings. The molecule has 76 valence electrons. The minimum absolute atomic E-state index is 0.605. The number of benzene rings is 1. The number of ether oxygens (including phenoxy) is 1. The van der Waals surface area contributed by atoms with Crippen LogP contribution in [0.1, 0.15) is 18.9 Å². The highest BCUT2D eigenvalue weighted by Gasteiger charge is 2.00. The van der Waals surface area contributed by atoms with Crippen LogP contribution in [0.2, 0.25) is 0 Å². The predicted octanol–water partition coefficient (Wildman–Crippen LogP) is 4.10. The van der Waals surface area contributed by atoms with Crippen LogP contribution < -0.4 is 4.74 Å². The monoisotopic (exact) mass is 254 g/mol. The first-order valence-electron chi connectivity index (χ1n) is 4.69. The average Bonchev–Trinajstić information content (AvgIpc) is 2.19. The Balaban J connectivity index is 2.66. The lowest BCUT2D eigenvalue weighted by Gasteiger charge is -2.10. The van der Waals surface area contributed by atoms with Crippen LogP contribution in [-0.2, 0) is 0 Å². The maximum absolute atomic E-state index is 5.64. The molecule has 0 N–H and O–H groups in total. The zero-order valence-electron chi connectivity index (χ0n) is 8.64. The Labute approximate surface area is 93.9 Å². The van der Waals surface area contributed by atoms with E-state index in [4.69, 9.17) is 4.74 Å². The lowest BCUT2D eigenvalue weighted by molar-refractivity contribution is 0.346. The topological polar surface area (TPSA) is 9.23 Å². The molecular formula is C12H15BrO. The molecule has 0 aliphatic rings. The van der Waals surface area contributed by atoms with E-state index in [2.05, 4.69) is 29.4 Å².